The molecule has 0 atom stereocenters. The molecule has 0 aliphatic heterocycles. The van der Waals surface area contributed by atoms with Gasteiger partial charge in [-0.2, -0.15) is 5.10 Å². The predicted octanol–water partition coefficient (Wildman–Crippen LogP) is 3.38. The highest BCUT2D eigenvalue weighted by Crippen LogP contribution is 2.22. The first-order valence-electron chi connectivity index (χ1n) is 6.71. The van der Waals surface area contributed by atoms with Gasteiger partial charge in [0.05, 0.1) is 17.7 Å². The van der Waals surface area contributed by atoms with Crippen LogP contribution in [0.4, 0.5) is 0 Å². The van der Waals surface area contributed by atoms with E-state index in [2.05, 4.69) is 5.10 Å². The topological polar surface area (TPSA) is 48.0 Å². The first-order valence-corrected chi connectivity index (χ1v) is 6.71. The Bertz CT molecular complexity index is 768. The van der Waals surface area contributed by atoms with Crippen molar-refractivity contribution >= 4 is 16.8 Å². The van der Waals surface area contributed by atoms with Crippen molar-refractivity contribution in [3.8, 4) is 0 Å². The number of hydrogen-bond donors (Lipinski definition) is 0. The Labute approximate surface area is 117 Å². The van der Waals surface area contributed by atoms with Gasteiger partial charge in [0.1, 0.15) is 11.8 Å². The normalized spacial score (nSPS) is 11.1. The molecule has 0 fully saturated rings. The van der Waals surface area contributed by atoms with Crippen LogP contribution in [0, 0.1) is 6.92 Å². The van der Waals surface area contributed by atoms with Crippen molar-refractivity contribution in [2.75, 3.05) is 0 Å². The van der Waals surface area contributed by atoms with E-state index in [1.54, 1.807) is 6.26 Å². The number of hydrogen-bond acceptors (Lipinski definition) is 3. The Morgan fingerprint density at radius 2 is 2.15 bits per heavy atom. The molecule has 2 aromatic heterocycles. The molecule has 0 saturated heterocycles. The van der Waals surface area contributed by atoms with Crippen molar-refractivity contribution in [3.63, 3.8) is 0 Å². The molecule has 4 heteroatoms. The molecule has 0 N–H and O–H groups in total. The van der Waals surface area contributed by atoms with E-state index < -0.39 is 0 Å². The van der Waals surface area contributed by atoms with E-state index in [4.69, 9.17) is 4.42 Å². The molecule has 0 spiro atoms. The number of nitrogens with zero attached hydrogens (tertiary/aromatic N) is 2. The zero-order valence-corrected chi connectivity index (χ0v) is 11.6. The predicted molar refractivity (Wildman–Crippen MR) is 76.9 cm³/mol. The summed E-state index contributed by atoms with van der Waals surface area (Å²) in [5.74, 6) is 0.0598. The molecule has 0 amide bonds. The second kappa shape index (κ2) is 4.96. The third kappa shape index (κ3) is 2.13. The lowest BCUT2D eigenvalue weighted by atomic mass is 10.1. The third-order valence-corrected chi connectivity index (χ3v) is 3.41. The highest BCUT2D eigenvalue weighted by atomic mass is 16.3. The summed E-state index contributed by atoms with van der Waals surface area (Å²) in [6, 6.07) is 9.55. The molecule has 2 heterocycles. The number of aromatic nitrogens is 2. The Balaban J connectivity index is 1.93. The molecule has 3 rings (SSSR count). The molecular weight excluding hydrogens is 252 g/mol. The number of furan rings is 1. The minimum Gasteiger partial charge on any atom is -0.464 e. The molecule has 1 aromatic carbocycles. The average Bonchev–Trinajstić information content (AvgIpc) is 3.02. The lowest BCUT2D eigenvalue weighted by molar-refractivity contribution is 0.0991. The van der Waals surface area contributed by atoms with E-state index >= 15 is 0 Å². The van der Waals surface area contributed by atoms with E-state index in [-0.39, 0.29) is 5.78 Å². The van der Waals surface area contributed by atoms with E-state index in [1.165, 1.54) is 0 Å². The Morgan fingerprint density at radius 1 is 1.35 bits per heavy atom. The molecule has 0 radical (unpaired) electrons. The number of fused-ring (bicyclic) bond motifs is 1. The maximum Gasteiger partial charge on any atom is 0.172 e. The van der Waals surface area contributed by atoms with Crippen LogP contribution in [0.25, 0.3) is 11.0 Å². The van der Waals surface area contributed by atoms with E-state index in [1.807, 2.05) is 48.9 Å². The smallest absolute Gasteiger partial charge is 0.172 e. The molecule has 3 aromatic rings. The van der Waals surface area contributed by atoms with Crippen molar-refractivity contribution in [1.82, 2.24) is 9.78 Å². The molecule has 0 bridgehead atoms. The van der Waals surface area contributed by atoms with Crippen molar-refractivity contribution in [2.24, 2.45) is 0 Å². The summed E-state index contributed by atoms with van der Waals surface area (Å²) in [6.07, 6.45) is 1.89. The van der Waals surface area contributed by atoms with Crippen molar-refractivity contribution in [3.05, 3.63) is 53.5 Å². The van der Waals surface area contributed by atoms with Crippen LogP contribution in [0.5, 0.6) is 0 Å². The molecule has 20 heavy (non-hydrogen) atoms. The van der Waals surface area contributed by atoms with Crippen molar-refractivity contribution in [1.29, 1.82) is 0 Å². The Kier molecular flexibility index (Phi) is 3.14. The van der Waals surface area contributed by atoms with Gasteiger partial charge in [-0.05, 0) is 26.0 Å². The minimum absolute atomic E-state index is 0.0598. The van der Waals surface area contributed by atoms with Gasteiger partial charge in [-0.15, -0.1) is 0 Å². The second-order valence-electron chi connectivity index (χ2n) is 4.84. The fraction of sp³-hybridized carbons (Fsp3) is 0.250. The van der Waals surface area contributed by atoms with Gasteiger partial charge >= 0.3 is 0 Å². The molecule has 0 aliphatic carbocycles. The number of benzene rings is 1. The van der Waals surface area contributed by atoms with Gasteiger partial charge in [0.25, 0.3) is 0 Å². The number of carbonyl (C=O) groups excluding carboxylic acids is 1. The van der Waals surface area contributed by atoms with Crippen molar-refractivity contribution in [2.45, 2.75) is 26.8 Å². The maximum absolute atomic E-state index is 12.5. The number of Topliss-reactive ketones (excluding diaryl/α,β-unsaturated/α-hetero) is 1. The van der Waals surface area contributed by atoms with Gasteiger partial charge in [-0.3, -0.25) is 9.48 Å². The van der Waals surface area contributed by atoms with E-state index in [0.717, 1.165) is 28.9 Å². The van der Waals surface area contributed by atoms with E-state index in [0.29, 0.717) is 12.0 Å². The van der Waals surface area contributed by atoms with Gasteiger partial charge in [0.15, 0.2) is 5.78 Å². The minimum atomic E-state index is 0.0598. The van der Waals surface area contributed by atoms with Gasteiger partial charge in [-0.1, -0.05) is 18.2 Å². The first kappa shape index (κ1) is 12.7. The van der Waals surface area contributed by atoms with Crippen LogP contribution >= 0.6 is 0 Å². The highest BCUT2D eigenvalue weighted by molar-refractivity contribution is 6.07. The second-order valence-corrected chi connectivity index (χ2v) is 4.84. The van der Waals surface area contributed by atoms with Gasteiger partial charge < -0.3 is 4.42 Å². The van der Waals surface area contributed by atoms with Crippen LogP contribution in [0.15, 0.2) is 41.0 Å². The van der Waals surface area contributed by atoms with Gasteiger partial charge in [0.2, 0.25) is 0 Å². The molecule has 0 aliphatic rings. The molecular formula is C16H16N2O2. The zero-order valence-electron chi connectivity index (χ0n) is 11.6. The summed E-state index contributed by atoms with van der Waals surface area (Å²) in [4.78, 5) is 12.5. The summed E-state index contributed by atoms with van der Waals surface area (Å²) < 4.78 is 7.30. The largest absolute Gasteiger partial charge is 0.464 e. The quantitative estimate of drug-likeness (QED) is 0.681. The maximum atomic E-state index is 12.5. The Hall–Kier alpha value is -2.36. The SMILES string of the molecule is CCn1nc(C)cc1CC(=O)c1coc2ccccc12. The summed E-state index contributed by atoms with van der Waals surface area (Å²) in [7, 11) is 0. The number of carbonyl (C=O) groups is 1. The lowest BCUT2D eigenvalue weighted by Crippen LogP contribution is -2.09. The molecule has 102 valence electrons. The fourth-order valence-electron chi connectivity index (χ4n) is 2.47. The van der Waals surface area contributed by atoms with Gasteiger partial charge in [0, 0.05) is 17.6 Å². The fourth-order valence-corrected chi connectivity index (χ4v) is 2.47. The van der Waals surface area contributed by atoms with Crippen LogP contribution in [0.1, 0.15) is 28.7 Å². The highest BCUT2D eigenvalue weighted by Gasteiger charge is 2.16. The number of aryl methyl sites for hydroxylation is 2. The standard InChI is InChI=1S/C16H16N2O2/c1-3-18-12(8-11(2)17-18)9-15(19)14-10-20-16-7-5-4-6-13(14)16/h4-8,10H,3,9H2,1-2H3. The summed E-state index contributed by atoms with van der Waals surface area (Å²) in [6.45, 7) is 4.73. The molecule has 4 nitrogen and oxygen atoms in total. The molecule has 0 unspecified atom stereocenters. The average molecular weight is 268 g/mol. The van der Waals surface area contributed by atoms with Crippen molar-refractivity contribution < 1.29 is 9.21 Å². The number of ketones is 1. The Morgan fingerprint density at radius 3 is 2.95 bits per heavy atom. The summed E-state index contributed by atoms with van der Waals surface area (Å²) in [5.41, 5.74) is 3.27. The van der Waals surface area contributed by atoms with E-state index in [9.17, 15) is 4.79 Å². The summed E-state index contributed by atoms with van der Waals surface area (Å²) >= 11 is 0. The number of rotatable bonds is 4. The lowest BCUT2D eigenvalue weighted by Gasteiger charge is -2.03. The zero-order chi connectivity index (χ0) is 14.1. The van der Waals surface area contributed by atoms with Crippen LogP contribution in [0.2, 0.25) is 0 Å². The molecule has 0 saturated carbocycles. The first-order chi connectivity index (χ1) is 9.69. The summed E-state index contributed by atoms with van der Waals surface area (Å²) in [5, 5.41) is 5.24. The number of para-hydroxylation sites is 1. The van der Waals surface area contributed by atoms with Gasteiger partial charge in [-0.25, -0.2) is 0 Å². The monoisotopic (exact) mass is 268 g/mol. The third-order valence-electron chi connectivity index (χ3n) is 3.41. The van der Waals surface area contributed by atoms with Crippen LogP contribution < -0.4 is 0 Å². The van der Waals surface area contributed by atoms with Crippen LogP contribution in [-0.2, 0) is 13.0 Å². The van der Waals surface area contributed by atoms with Crippen LogP contribution in [0.3, 0.4) is 0 Å². The van der Waals surface area contributed by atoms with Crippen LogP contribution in [-0.4, -0.2) is 15.6 Å².